The minimum Gasteiger partial charge on any atom is -0.380 e. The number of hydrogen-bond donors (Lipinski definition) is 1. The number of nitrogens with zero attached hydrogens (tertiary/aromatic N) is 2. The fraction of sp³-hybridized carbons (Fsp3) is 0.118. The van der Waals surface area contributed by atoms with Gasteiger partial charge in [0.05, 0.1) is 22.1 Å². The molecular formula is C17H14ClN3. The summed E-state index contributed by atoms with van der Waals surface area (Å²) in [4.78, 5) is 0. The number of para-hydroxylation sites is 2. The molecule has 4 heteroatoms. The van der Waals surface area contributed by atoms with Gasteiger partial charge in [-0.3, -0.25) is 0 Å². The van der Waals surface area contributed by atoms with E-state index in [-0.39, 0.29) is 0 Å². The Morgan fingerprint density at radius 3 is 2.71 bits per heavy atom. The zero-order valence-corrected chi connectivity index (χ0v) is 12.4. The average Bonchev–Trinajstić information content (AvgIpc) is 2.85. The first-order chi connectivity index (χ1) is 10.3. The molecule has 2 aromatic carbocycles. The highest BCUT2D eigenvalue weighted by molar-refractivity contribution is 6.32. The van der Waals surface area contributed by atoms with E-state index in [1.54, 1.807) is 0 Å². The SMILES string of the molecule is Cc1nn(-c2ccccc2Cl)c2c1CNc1ccccc1-2. The van der Waals surface area contributed by atoms with Crippen LogP contribution in [0.2, 0.25) is 5.02 Å². The smallest absolute Gasteiger partial charge is 0.0839 e. The molecule has 1 N–H and O–H groups in total. The Hall–Kier alpha value is -2.26. The fourth-order valence-corrected chi connectivity index (χ4v) is 3.09. The zero-order valence-electron chi connectivity index (χ0n) is 11.6. The predicted molar refractivity (Wildman–Crippen MR) is 86.1 cm³/mol. The van der Waals surface area contributed by atoms with Crippen LogP contribution in [0.5, 0.6) is 0 Å². The second-order valence-electron chi connectivity index (χ2n) is 5.17. The number of rotatable bonds is 1. The maximum absolute atomic E-state index is 6.36. The standard InChI is InChI=1S/C17H14ClN3/c1-11-13-10-19-15-8-4-2-6-12(15)17(13)21(20-11)16-9-5-3-7-14(16)18/h2-9,19H,10H2,1H3. The molecule has 0 unspecified atom stereocenters. The van der Waals surface area contributed by atoms with Crippen molar-refractivity contribution in [3.8, 4) is 16.9 Å². The Morgan fingerprint density at radius 1 is 1.10 bits per heavy atom. The van der Waals surface area contributed by atoms with Crippen molar-refractivity contribution in [1.29, 1.82) is 0 Å². The quantitative estimate of drug-likeness (QED) is 0.720. The lowest BCUT2D eigenvalue weighted by atomic mass is 10.00. The molecule has 0 bridgehead atoms. The van der Waals surface area contributed by atoms with Crippen molar-refractivity contribution in [2.75, 3.05) is 5.32 Å². The molecule has 104 valence electrons. The molecule has 0 radical (unpaired) electrons. The molecule has 3 nitrogen and oxygen atoms in total. The highest BCUT2D eigenvalue weighted by atomic mass is 35.5. The Morgan fingerprint density at radius 2 is 1.86 bits per heavy atom. The molecule has 3 aromatic rings. The molecule has 21 heavy (non-hydrogen) atoms. The van der Waals surface area contributed by atoms with Crippen LogP contribution in [0.3, 0.4) is 0 Å². The first-order valence-electron chi connectivity index (χ1n) is 6.92. The van der Waals surface area contributed by atoms with E-state index in [9.17, 15) is 0 Å². The molecule has 0 aliphatic carbocycles. The van der Waals surface area contributed by atoms with Crippen molar-refractivity contribution >= 4 is 17.3 Å². The van der Waals surface area contributed by atoms with Crippen LogP contribution in [0.1, 0.15) is 11.3 Å². The van der Waals surface area contributed by atoms with E-state index >= 15 is 0 Å². The van der Waals surface area contributed by atoms with Crippen LogP contribution in [0.4, 0.5) is 5.69 Å². The van der Waals surface area contributed by atoms with Gasteiger partial charge >= 0.3 is 0 Å². The highest BCUT2D eigenvalue weighted by Gasteiger charge is 2.24. The Kier molecular flexibility index (Phi) is 2.76. The number of nitrogens with one attached hydrogen (secondary N) is 1. The molecule has 0 saturated carbocycles. The minimum absolute atomic E-state index is 0.707. The van der Waals surface area contributed by atoms with Gasteiger partial charge in [-0.05, 0) is 25.1 Å². The molecule has 2 heterocycles. The fourth-order valence-electron chi connectivity index (χ4n) is 2.87. The molecule has 0 amide bonds. The van der Waals surface area contributed by atoms with Gasteiger partial charge in [0, 0.05) is 23.4 Å². The van der Waals surface area contributed by atoms with Gasteiger partial charge in [0.15, 0.2) is 0 Å². The molecule has 0 saturated heterocycles. The van der Waals surface area contributed by atoms with Gasteiger partial charge in [-0.2, -0.15) is 5.10 Å². The normalized spacial score (nSPS) is 12.5. The summed E-state index contributed by atoms with van der Waals surface area (Å²) in [7, 11) is 0. The molecule has 4 rings (SSSR count). The Bertz CT molecular complexity index is 836. The molecule has 0 spiro atoms. The van der Waals surface area contributed by atoms with Crippen molar-refractivity contribution in [2.24, 2.45) is 0 Å². The Labute approximate surface area is 128 Å². The molecule has 1 aliphatic rings. The van der Waals surface area contributed by atoms with Gasteiger partial charge in [0.25, 0.3) is 0 Å². The van der Waals surface area contributed by atoms with Crippen molar-refractivity contribution in [3.05, 3.63) is 64.8 Å². The highest BCUT2D eigenvalue weighted by Crippen LogP contribution is 2.38. The van der Waals surface area contributed by atoms with Crippen LogP contribution >= 0.6 is 11.6 Å². The van der Waals surface area contributed by atoms with Gasteiger partial charge in [0.1, 0.15) is 0 Å². The van der Waals surface area contributed by atoms with Gasteiger partial charge in [-0.15, -0.1) is 0 Å². The third-order valence-corrected chi connectivity index (χ3v) is 4.22. The van der Waals surface area contributed by atoms with E-state index in [0.717, 1.165) is 29.3 Å². The first-order valence-corrected chi connectivity index (χ1v) is 7.30. The summed E-state index contributed by atoms with van der Waals surface area (Å²) in [5.41, 5.74) is 6.62. The third kappa shape index (κ3) is 1.85. The maximum Gasteiger partial charge on any atom is 0.0839 e. The molecule has 0 atom stereocenters. The van der Waals surface area contributed by atoms with Crippen LogP contribution in [-0.4, -0.2) is 9.78 Å². The maximum atomic E-state index is 6.36. The second-order valence-corrected chi connectivity index (χ2v) is 5.58. The molecule has 1 aromatic heterocycles. The van der Waals surface area contributed by atoms with Crippen molar-refractivity contribution in [2.45, 2.75) is 13.5 Å². The molecular weight excluding hydrogens is 282 g/mol. The van der Waals surface area contributed by atoms with Gasteiger partial charge < -0.3 is 5.32 Å². The lowest BCUT2D eigenvalue weighted by Crippen LogP contribution is -2.10. The van der Waals surface area contributed by atoms with Crippen molar-refractivity contribution in [3.63, 3.8) is 0 Å². The van der Waals surface area contributed by atoms with E-state index in [2.05, 4.69) is 23.5 Å². The Balaban J connectivity index is 2.03. The summed E-state index contributed by atoms with van der Waals surface area (Å²) in [6, 6.07) is 16.1. The number of anilines is 1. The van der Waals surface area contributed by atoms with E-state index in [1.807, 2.05) is 41.9 Å². The van der Waals surface area contributed by atoms with Gasteiger partial charge in [-0.25, -0.2) is 4.68 Å². The number of fused-ring (bicyclic) bond motifs is 3. The first kappa shape index (κ1) is 12.5. The van der Waals surface area contributed by atoms with Crippen LogP contribution in [0.25, 0.3) is 16.9 Å². The van der Waals surface area contributed by atoms with Crippen LogP contribution in [0, 0.1) is 6.92 Å². The van der Waals surface area contributed by atoms with Crippen LogP contribution in [-0.2, 0) is 6.54 Å². The number of hydrogen-bond acceptors (Lipinski definition) is 2. The van der Waals surface area contributed by atoms with E-state index in [1.165, 1.54) is 11.1 Å². The lowest BCUT2D eigenvalue weighted by Gasteiger charge is -2.20. The third-order valence-electron chi connectivity index (χ3n) is 3.90. The topological polar surface area (TPSA) is 29.9 Å². The van der Waals surface area contributed by atoms with E-state index in [0.29, 0.717) is 5.02 Å². The summed E-state index contributed by atoms with van der Waals surface area (Å²) < 4.78 is 1.96. The summed E-state index contributed by atoms with van der Waals surface area (Å²) in [6.45, 7) is 2.84. The van der Waals surface area contributed by atoms with Crippen molar-refractivity contribution < 1.29 is 0 Å². The summed E-state index contributed by atoms with van der Waals surface area (Å²) in [5, 5.41) is 8.87. The van der Waals surface area contributed by atoms with Crippen molar-refractivity contribution in [1.82, 2.24) is 9.78 Å². The number of aromatic nitrogens is 2. The summed E-state index contributed by atoms with van der Waals surface area (Å²) in [5.74, 6) is 0. The average molecular weight is 296 g/mol. The molecule has 0 fully saturated rings. The summed E-state index contributed by atoms with van der Waals surface area (Å²) in [6.07, 6.45) is 0. The largest absolute Gasteiger partial charge is 0.380 e. The van der Waals surface area contributed by atoms with Crippen LogP contribution < -0.4 is 5.32 Å². The van der Waals surface area contributed by atoms with Gasteiger partial charge in [0.2, 0.25) is 0 Å². The predicted octanol–water partition coefficient (Wildman–Crippen LogP) is 4.43. The van der Waals surface area contributed by atoms with Crippen LogP contribution in [0.15, 0.2) is 48.5 Å². The monoisotopic (exact) mass is 295 g/mol. The molecule has 1 aliphatic heterocycles. The van der Waals surface area contributed by atoms with Gasteiger partial charge in [-0.1, -0.05) is 41.9 Å². The number of aryl methyl sites for hydroxylation is 1. The van der Waals surface area contributed by atoms with E-state index in [4.69, 9.17) is 16.7 Å². The minimum atomic E-state index is 0.707. The number of halogens is 1. The second kappa shape index (κ2) is 4.64. The summed E-state index contributed by atoms with van der Waals surface area (Å²) >= 11 is 6.36. The van der Waals surface area contributed by atoms with E-state index < -0.39 is 0 Å². The zero-order chi connectivity index (χ0) is 14.4. The lowest BCUT2D eigenvalue weighted by molar-refractivity contribution is 0.869. The number of benzene rings is 2.